The average Bonchev–Trinajstić information content (AvgIpc) is 3.32. The highest BCUT2D eigenvalue weighted by atomic mass is 32.2. The second kappa shape index (κ2) is 6.32. The van der Waals surface area contributed by atoms with Crippen LogP contribution in [0.15, 0.2) is 53.4 Å². The Morgan fingerprint density at radius 1 is 1.05 bits per heavy atom. The van der Waals surface area contributed by atoms with Gasteiger partial charge in [0, 0.05) is 6.54 Å². The molecule has 2 N–H and O–H groups in total. The fraction of sp³-hybridized carbons (Fsp3) is 0.250. The molecule has 2 aromatic rings. The first kappa shape index (κ1) is 15.4. The van der Waals surface area contributed by atoms with E-state index in [0.717, 1.165) is 11.3 Å². The van der Waals surface area contributed by atoms with Crippen molar-refractivity contribution in [3.63, 3.8) is 0 Å². The summed E-state index contributed by atoms with van der Waals surface area (Å²) in [4.78, 5) is 0.362. The number of benzene rings is 2. The summed E-state index contributed by atoms with van der Waals surface area (Å²) in [6.07, 6.45) is 0. The molecule has 6 heteroatoms. The van der Waals surface area contributed by atoms with Crippen molar-refractivity contribution < 1.29 is 13.2 Å². The van der Waals surface area contributed by atoms with Crippen LogP contribution in [-0.4, -0.2) is 25.2 Å². The normalized spacial score (nSPS) is 17.2. The van der Waals surface area contributed by atoms with Crippen LogP contribution in [0.25, 0.3) is 0 Å². The quantitative estimate of drug-likeness (QED) is 0.497. The average molecular weight is 336 g/mol. The van der Waals surface area contributed by atoms with E-state index in [1.807, 2.05) is 24.3 Å². The Morgan fingerprint density at radius 3 is 2.09 bits per heavy atom. The lowest BCUT2D eigenvalue weighted by Crippen LogP contribution is -2.11. The molecule has 1 heterocycles. The molecule has 1 fully saturated rings. The summed E-state index contributed by atoms with van der Waals surface area (Å²) in [7, 11) is -3.17. The molecule has 0 saturated carbocycles. The second-order valence-electron chi connectivity index (χ2n) is 5.22. The molecular formula is C16H18NO3S2+. The highest BCUT2D eigenvalue weighted by molar-refractivity contribution is 7.94. The Kier molecular flexibility index (Phi) is 4.42. The molecule has 1 atom stereocenters. The summed E-state index contributed by atoms with van der Waals surface area (Å²) in [5.74, 6) is 2.56. The number of rotatable bonds is 6. The van der Waals surface area contributed by atoms with E-state index in [4.69, 9.17) is 10.5 Å². The molecule has 0 aliphatic carbocycles. The highest BCUT2D eigenvalue weighted by Crippen LogP contribution is 2.25. The molecule has 0 bridgehead atoms. The first-order valence-electron chi connectivity index (χ1n) is 7.03. The number of hydrogen-bond acceptors (Lipinski definition) is 4. The molecule has 2 aromatic carbocycles. The maximum Gasteiger partial charge on any atom is 0.183 e. The Labute approximate surface area is 134 Å². The lowest BCUT2D eigenvalue weighted by Gasteiger charge is -2.07. The summed E-state index contributed by atoms with van der Waals surface area (Å²) < 4.78 is 30.0. The second-order valence-corrected chi connectivity index (χ2v) is 8.72. The van der Waals surface area contributed by atoms with Gasteiger partial charge in [0.1, 0.15) is 17.3 Å². The minimum atomic E-state index is -3.17. The van der Waals surface area contributed by atoms with Crippen LogP contribution >= 0.6 is 0 Å². The first-order chi connectivity index (χ1) is 10.6. The van der Waals surface area contributed by atoms with Crippen LogP contribution < -0.4 is 10.5 Å². The van der Waals surface area contributed by atoms with Crippen molar-refractivity contribution in [3.05, 3.63) is 54.1 Å². The van der Waals surface area contributed by atoms with Gasteiger partial charge in [0.15, 0.2) is 20.8 Å². The predicted octanol–water partition coefficient (Wildman–Crippen LogP) is 1.91. The monoisotopic (exact) mass is 336 g/mol. The molecule has 4 nitrogen and oxygen atoms in total. The molecule has 0 aromatic heterocycles. The van der Waals surface area contributed by atoms with E-state index in [0.29, 0.717) is 28.2 Å². The third-order valence-electron chi connectivity index (χ3n) is 3.43. The topological polar surface area (TPSA) is 69.4 Å². The van der Waals surface area contributed by atoms with Crippen LogP contribution in [0, 0.1) is 0 Å². The minimum absolute atomic E-state index is 0.245. The molecule has 0 unspecified atom stereocenters. The summed E-state index contributed by atoms with van der Waals surface area (Å²) in [5.41, 5.74) is 6.59. The number of ether oxygens (including phenoxy) is 1. The number of thiol groups is 1. The fourth-order valence-corrected chi connectivity index (χ4v) is 4.90. The lowest BCUT2D eigenvalue weighted by molar-refractivity contribution is 0.482. The summed E-state index contributed by atoms with van der Waals surface area (Å²) in [6, 6.07) is 14.1. The van der Waals surface area contributed by atoms with Gasteiger partial charge in [-0.15, -0.1) is 0 Å². The predicted molar refractivity (Wildman–Crippen MR) is 90.3 cm³/mol. The van der Waals surface area contributed by atoms with Gasteiger partial charge in [-0.25, -0.2) is 8.42 Å². The van der Waals surface area contributed by atoms with Crippen molar-refractivity contribution in [1.29, 1.82) is 0 Å². The lowest BCUT2D eigenvalue weighted by atomic mass is 10.2. The summed E-state index contributed by atoms with van der Waals surface area (Å²) >= 11 is 1.25. The van der Waals surface area contributed by atoms with E-state index in [-0.39, 0.29) is 5.75 Å². The van der Waals surface area contributed by atoms with Crippen LogP contribution in [-0.2, 0) is 28.1 Å². The van der Waals surface area contributed by atoms with Crippen molar-refractivity contribution in [2.45, 2.75) is 16.7 Å². The Hall–Kier alpha value is -1.50. The van der Waals surface area contributed by atoms with Crippen molar-refractivity contribution in [3.8, 4) is 11.5 Å². The molecule has 116 valence electrons. The number of hydrogen-bond donors (Lipinski definition) is 1. The van der Waals surface area contributed by atoms with E-state index in [9.17, 15) is 8.42 Å². The third kappa shape index (κ3) is 3.82. The van der Waals surface area contributed by atoms with E-state index in [1.54, 1.807) is 24.3 Å². The maximum atomic E-state index is 12.2. The van der Waals surface area contributed by atoms with Gasteiger partial charge in [-0.2, -0.15) is 0 Å². The van der Waals surface area contributed by atoms with Gasteiger partial charge in [-0.05, 0) is 53.7 Å². The van der Waals surface area contributed by atoms with Crippen LogP contribution in [0.2, 0.25) is 0 Å². The maximum absolute atomic E-state index is 12.2. The summed E-state index contributed by atoms with van der Waals surface area (Å²) in [6.45, 7) is 0.493. The zero-order valence-corrected chi connectivity index (χ0v) is 13.7. The van der Waals surface area contributed by atoms with Crippen molar-refractivity contribution >= 4 is 21.6 Å². The molecule has 0 amide bonds. The molecule has 0 spiro atoms. The van der Waals surface area contributed by atoms with Gasteiger partial charge in [-0.1, -0.05) is 12.1 Å². The Balaban J connectivity index is 1.70. The van der Waals surface area contributed by atoms with Crippen molar-refractivity contribution in [2.75, 3.05) is 11.5 Å². The van der Waals surface area contributed by atoms with E-state index in [2.05, 4.69) is 0 Å². The van der Waals surface area contributed by atoms with E-state index in [1.165, 1.54) is 11.8 Å². The first-order valence-corrected chi connectivity index (χ1v) is 9.83. The summed E-state index contributed by atoms with van der Waals surface area (Å²) in [5, 5.41) is 0.321. The molecule has 22 heavy (non-hydrogen) atoms. The van der Waals surface area contributed by atoms with Gasteiger partial charge >= 0.3 is 0 Å². The standard InChI is InChI=1S/C16H17NO3S2/c17-9-12-1-3-13(4-2-12)20-14-5-7-16(8-6-14)22(18,19)11-15-10-21-15/h1-8,15H,9-11,17H2/p+1/t15-/m0/s1. The molecule has 1 aliphatic heterocycles. The largest absolute Gasteiger partial charge is 0.457 e. The molecule has 1 aliphatic rings. The van der Waals surface area contributed by atoms with Crippen molar-refractivity contribution in [1.82, 2.24) is 0 Å². The number of nitrogens with two attached hydrogens (primary N) is 1. The third-order valence-corrected chi connectivity index (χ3v) is 6.57. The highest BCUT2D eigenvalue weighted by Gasteiger charge is 2.39. The van der Waals surface area contributed by atoms with Crippen LogP contribution in [0.1, 0.15) is 5.56 Å². The number of sulfone groups is 1. The zero-order chi connectivity index (χ0) is 15.6. The fourth-order valence-electron chi connectivity index (χ4n) is 2.07. The molecule has 1 saturated heterocycles. The molecule has 0 radical (unpaired) electrons. The van der Waals surface area contributed by atoms with E-state index >= 15 is 0 Å². The van der Waals surface area contributed by atoms with Gasteiger partial charge in [0.2, 0.25) is 0 Å². The SMILES string of the molecule is NCc1ccc(Oc2ccc(S(=O)(=O)C[C@@H]3C[SH+]3)cc2)cc1. The molecule has 3 rings (SSSR count). The van der Waals surface area contributed by atoms with Crippen molar-refractivity contribution in [2.24, 2.45) is 5.73 Å². The smallest absolute Gasteiger partial charge is 0.183 e. The van der Waals surface area contributed by atoms with E-state index < -0.39 is 9.84 Å². The minimum Gasteiger partial charge on any atom is -0.457 e. The van der Waals surface area contributed by atoms with Crippen LogP contribution in [0.5, 0.6) is 11.5 Å². The van der Waals surface area contributed by atoms with Gasteiger partial charge < -0.3 is 10.5 Å². The van der Waals surface area contributed by atoms with Gasteiger partial charge in [0.05, 0.1) is 4.90 Å². The van der Waals surface area contributed by atoms with Crippen LogP contribution in [0.3, 0.4) is 0 Å². The van der Waals surface area contributed by atoms with Gasteiger partial charge in [0.25, 0.3) is 0 Å². The Morgan fingerprint density at radius 2 is 1.59 bits per heavy atom. The molecular weight excluding hydrogens is 318 g/mol. The Bertz CT molecular complexity index is 736. The van der Waals surface area contributed by atoms with Crippen LogP contribution in [0.4, 0.5) is 0 Å². The zero-order valence-electron chi connectivity index (χ0n) is 12.0. The van der Waals surface area contributed by atoms with Gasteiger partial charge in [-0.3, -0.25) is 0 Å².